The number of esters is 1. The van der Waals surface area contributed by atoms with Gasteiger partial charge in [0.05, 0.1) is 5.56 Å². The first-order valence-electron chi connectivity index (χ1n) is 8.01. The van der Waals surface area contributed by atoms with E-state index >= 15 is 0 Å². The molecular weight excluding hydrogens is 384 g/mol. The van der Waals surface area contributed by atoms with Crippen molar-refractivity contribution in [1.82, 2.24) is 5.32 Å². The number of rotatable bonds is 7. The van der Waals surface area contributed by atoms with E-state index < -0.39 is 5.97 Å². The summed E-state index contributed by atoms with van der Waals surface area (Å²) in [5.74, 6) is -0.951. The Balaban J connectivity index is 1.76. The zero-order valence-corrected chi connectivity index (χ0v) is 15.6. The summed E-state index contributed by atoms with van der Waals surface area (Å²) in [6.45, 7) is 1.59. The van der Waals surface area contributed by atoms with Crippen molar-refractivity contribution in [3.05, 3.63) is 64.1 Å². The Morgan fingerprint density at radius 3 is 2.64 bits per heavy atom. The molecule has 5 nitrogen and oxygen atoms in total. The van der Waals surface area contributed by atoms with E-state index in [0.29, 0.717) is 10.2 Å². The highest BCUT2D eigenvalue weighted by molar-refractivity contribution is 9.10. The van der Waals surface area contributed by atoms with Crippen molar-refractivity contribution in [2.24, 2.45) is 0 Å². The average molecular weight is 405 g/mol. The van der Waals surface area contributed by atoms with Crippen molar-refractivity contribution in [3.8, 4) is 0 Å². The molecule has 0 heterocycles. The number of nitrogens with one attached hydrogen (secondary N) is 1. The van der Waals surface area contributed by atoms with Gasteiger partial charge in [-0.3, -0.25) is 4.79 Å². The number of halogens is 1. The Bertz CT molecular complexity index is 735. The van der Waals surface area contributed by atoms with E-state index in [0.717, 1.165) is 12.8 Å². The lowest BCUT2D eigenvalue weighted by atomic mass is 10.1. The molecule has 2 rings (SSSR count). The Morgan fingerprint density at radius 1 is 1.20 bits per heavy atom. The van der Waals surface area contributed by atoms with Gasteiger partial charge in [-0.25, -0.2) is 4.79 Å². The maximum atomic E-state index is 12.0. The lowest BCUT2D eigenvalue weighted by Gasteiger charge is -2.14. The van der Waals surface area contributed by atoms with Crippen LogP contribution in [-0.2, 0) is 16.0 Å². The summed E-state index contributed by atoms with van der Waals surface area (Å²) < 4.78 is 5.75. The zero-order chi connectivity index (χ0) is 18.2. The summed E-state index contributed by atoms with van der Waals surface area (Å²) in [5, 5.41) is 2.83. The van der Waals surface area contributed by atoms with Gasteiger partial charge in [0.25, 0.3) is 5.91 Å². The molecule has 0 aliphatic carbocycles. The third kappa shape index (κ3) is 6.23. The number of carbonyl (C=O) groups excluding carboxylic acids is 2. The molecular formula is C19H21BrN2O3. The molecule has 0 saturated heterocycles. The van der Waals surface area contributed by atoms with Crippen molar-refractivity contribution in [2.75, 3.05) is 12.3 Å². The molecule has 1 atom stereocenters. The fourth-order valence-corrected chi connectivity index (χ4v) is 2.69. The summed E-state index contributed by atoms with van der Waals surface area (Å²) in [7, 11) is 0. The minimum atomic E-state index is -0.620. The Hall–Kier alpha value is -2.34. The Morgan fingerprint density at radius 2 is 1.92 bits per heavy atom. The molecule has 132 valence electrons. The van der Waals surface area contributed by atoms with Gasteiger partial charge in [0, 0.05) is 16.2 Å². The maximum absolute atomic E-state index is 12.0. The van der Waals surface area contributed by atoms with E-state index in [1.807, 2.05) is 25.1 Å². The van der Waals surface area contributed by atoms with Gasteiger partial charge in [-0.05, 0) is 43.5 Å². The minimum Gasteiger partial charge on any atom is -0.452 e. The van der Waals surface area contributed by atoms with E-state index in [4.69, 9.17) is 10.5 Å². The lowest BCUT2D eigenvalue weighted by Crippen LogP contribution is -2.36. The molecule has 0 aliphatic rings. The molecule has 0 aliphatic heterocycles. The number of benzene rings is 2. The van der Waals surface area contributed by atoms with Crippen molar-refractivity contribution in [3.63, 3.8) is 0 Å². The van der Waals surface area contributed by atoms with Crippen LogP contribution in [0.2, 0.25) is 0 Å². The second-order valence-electron chi connectivity index (χ2n) is 5.80. The quantitative estimate of drug-likeness (QED) is 0.547. The van der Waals surface area contributed by atoms with Crippen LogP contribution in [-0.4, -0.2) is 24.5 Å². The van der Waals surface area contributed by atoms with Crippen molar-refractivity contribution in [1.29, 1.82) is 0 Å². The van der Waals surface area contributed by atoms with Gasteiger partial charge in [-0.2, -0.15) is 0 Å². The monoisotopic (exact) mass is 404 g/mol. The van der Waals surface area contributed by atoms with Crippen LogP contribution >= 0.6 is 15.9 Å². The molecule has 25 heavy (non-hydrogen) atoms. The predicted molar refractivity (Wildman–Crippen MR) is 101 cm³/mol. The highest BCUT2D eigenvalue weighted by Gasteiger charge is 2.15. The standard InChI is InChI=1S/C19H21BrN2O3/c1-13(7-8-14-5-3-2-4-6-14)22-18(23)12-25-19(24)16-11-15(20)9-10-17(16)21/h2-6,9-11,13H,7-8,12,21H2,1H3,(H,22,23). The van der Waals surface area contributed by atoms with E-state index in [1.165, 1.54) is 5.56 Å². The number of anilines is 1. The van der Waals surface area contributed by atoms with Crippen LogP contribution in [0.25, 0.3) is 0 Å². The largest absolute Gasteiger partial charge is 0.452 e. The van der Waals surface area contributed by atoms with E-state index in [1.54, 1.807) is 18.2 Å². The number of ether oxygens (including phenoxy) is 1. The van der Waals surface area contributed by atoms with Gasteiger partial charge in [-0.15, -0.1) is 0 Å². The summed E-state index contributed by atoms with van der Waals surface area (Å²) in [5.41, 5.74) is 7.52. The molecule has 0 radical (unpaired) electrons. The molecule has 0 spiro atoms. The van der Waals surface area contributed by atoms with Crippen LogP contribution in [0.15, 0.2) is 53.0 Å². The first-order valence-corrected chi connectivity index (χ1v) is 8.80. The third-order valence-electron chi connectivity index (χ3n) is 3.69. The molecule has 0 aromatic heterocycles. The van der Waals surface area contributed by atoms with E-state index in [2.05, 4.69) is 33.4 Å². The van der Waals surface area contributed by atoms with Gasteiger partial charge in [0.1, 0.15) is 0 Å². The van der Waals surface area contributed by atoms with Gasteiger partial charge in [0.15, 0.2) is 6.61 Å². The number of aryl methyl sites for hydroxylation is 1. The maximum Gasteiger partial charge on any atom is 0.340 e. The molecule has 2 aromatic carbocycles. The number of amides is 1. The molecule has 0 saturated carbocycles. The van der Waals surface area contributed by atoms with Crippen LogP contribution in [0.3, 0.4) is 0 Å². The summed E-state index contributed by atoms with van der Waals surface area (Å²) in [6, 6.07) is 15.0. The highest BCUT2D eigenvalue weighted by Crippen LogP contribution is 2.19. The summed E-state index contributed by atoms with van der Waals surface area (Å²) in [4.78, 5) is 23.9. The van der Waals surface area contributed by atoms with Crippen LogP contribution in [0.5, 0.6) is 0 Å². The molecule has 1 amide bonds. The number of hydrogen-bond donors (Lipinski definition) is 2. The highest BCUT2D eigenvalue weighted by atomic mass is 79.9. The second-order valence-corrected chi connectivity index (χ2v) is 6.72. The van der Waals surface area contributed by atoms with Crippen LogP contribution in [0.1, 0.15) is 29.3 Å². The van der Waals surface area contributed by atoms with Crippen LogP contribution in [0, 0.1) is 0 Å². The van der Waals surface area contributed by atoms with Crippen molar-refractivity contribution < 1.29 is 14.3 Å². The van der Waals surface area contributed by atoms with Gasteiger partial charge in [-0.1, -0.05) is 46.3 Å². The fraction of sp³-hybridized carbons (Fsp3) is 0.263. The first kappa shape index (κ1) is 19.0. The van der Waals surface area contributed by atoms with Crippen molar-refractivity contribution >= 4 is 33.5 Å². The Kier molecular flexibility index (Phi) is 7.01. The molecule has 6 heteroatoms. The zero-order valence-electron chi connectivity index (χ0n) is 14.0. The lowest BCUT2D eigenvalue weighted by molar-refractivity contribution is -0.124. The molecule has 0 bridgehead atoms. The van der Waals surface area contributed by atoms with E-state index in [9.17, 15) is 9.59 Å². The van der Waals surface area contributed by atoms with Gasteiger partial charge >= 0.3 is 5.97 Å². The SMILES string of the molecule is CC(CCc1ccccc1)NC(=O)COC(=O)c1cc(Br)ccc1N. The predicted octanol–water partition coefficient (Wildman–Crippen LogP) is 3.33. The van der Waals surface area contributed by atoms with Crippen LogP contribution in [0.4, 0.5) is 5.69 Å². The number of hydrogen-bond acceptors (Lipinski definition) is 4. The first-order chi connectivity index (χ1) is 12.0. The Labute approximate surface area is 155 Å². The minimum absolute atomic E-state index is 0.0117. The smallest absolute Gasteiger partial charge is 0.340 e. The van der Waals surface area contributed by atoms with Crippen molar-refractivity contribution in [2.45, 2.75) is 25.8 Å². The number of nitrogen functional groups attached to an aromatic ring is 1. The molecule has 0 fully saturated rings. The summed E-state index contributed by atoms with van der Waals surface area (Å²) in [6.07, 6.45) is 1.68. The normalized spacial score (nSPS) is 11.6. The topological polar surface area (TPSA) is 81.4 Å². The average Bonchev–Trinajstić information content (AvgIpc) is 2.61. The van der Waals surface area contributed by atoms with Gasteiger partial charge in [0.2, 0.25) is 0 Å². The molecule has 2 aromatic rings. The van der Waals surface area contributed by atoms with Gasteiger partial charge < -0.3 is 15.8 Å². The molecule has 3 N–H and O–H groups in total. The second kappa shape index (κ2) is 9.22. The van der Waals surface area contributed by atoms with Crippen LogP contribution < -0.4 is 11.1 Å². The summed E-state index contributed by atoms with van der Waals surface area (Å²) >= 11 is 3.27. The number of nitrogens with two attached hydrogens (primary N) is 1. The van der Waals surface area contributed by atoms with E-state index in [-0.39, 0.29) is 24.1 Å². The third-order valence-corrected chi connectivity index (χ3v) is 4.18. The molecule has 1 unspecified atom stereocenters. The number of carbonyl (C=O) groups is 2. The fourth-order valence-electron chi connectivity index (χ4n) is 2.33.